The van der Waals surface area contributed by atoms with Crippen molar-refractivity contribution < 1.29 is 13.7 Å². The molecule has 5 rings (SSSR count). The highest BCUT2D eigenvalue weighted by Crippen LogP contribution is 2.31. The first-order valence-corrected chi connectivity index (χ1v) is 11.5. The fourth-order valence-electron chi connectivity index (χ4n) is 3.81. The van der Waals surface area contributed by atoms with Gasteiger partial charge < -0.3 is 9.47 Å². The highest BCUT2D eigenvalue weighted by Gasteiger charge is 2.21. The van der Waals surface area contributed by atoms with Crippen molar-refractivity contribution in [1.82, 2.24) is 9.99 Å². The highest BCUT2D eigenvalue weighted by molar-refractivity contribution is 7.92. The number of benzene rings is 2. The Hall–Kier alpha value is -3.39. The summed E-state index contributed by atoms with van der Waals surface area (Å²) in [5.41, 5.74) is 4.03. The molecule has 31 heavy (non-hydrogen) atoms. The second kappa shape index (κ2) is 7.70. The first-order chi connectivity index (χ1) is 15.0. The van der Waals surface area contributed by atoms with Crippen molar-refractivity contribution in [3.63, 3.8) is 0 Å². The Morgan fingerprint density at radius 3 is 2.77 bits per heavy atom. The summed E-state index contributed by atoms with van der Waals surface area (Å²) in [5.74, 6) is 1.40. The molecule has 0 amide bonds. The van der Waals surface area contributed by atoms with Crippen LogP contribution in [0.5, 0.6) is 11.6 Å². The molecular weight excluding hydrogens is 412 g/mol. The van der Waals surface area contributed by atoms with Crippen molar-refractivity contribution in [2.75, 3.05) is 13.7 Å². The van der Waals surface area contributed by atoms with Crippen molar-refractivity contribution in [2.45, 2.75) is 29.3 Å². The zero-order chi connectivity index (χ0) is 21.4. The van der Waals surface area contributed by atoms with Crippen LogP contribution in [0.1, 0.15) is 22.3 Å². The molecule has 0 fully saturated rings. The van der Waals surface area contributed by atoms with Gasteiger partial charge in [0.15, 0.2) is 0 Å². The summed E-state index contributed by atoms with van der Waals surface area (Å²) in [6.45, 7) is 1.89. The maximum Gasteiger partial charge on any atom is 0.212 e. The summed E-state index contributed by atoms with van der Waals surface area (Å²) in [6.07, 6.45) is 4.34. The topological polar surface area (TPSA) is 87.9 Å². The van der Waals surface area contributed by atoms with Gasteiger partial charge in [-0.05, 0) is 47.0 Å². The smallest absolute Gasteiger partial charge is 0.212 e. The summed E-state index contributed by atoms with van der Waals surface area (Å²) in [6, 6.07) is 14.8. The number of methoxy groups -OCH3 is 1. The SMILES string of the molecule is COc1ccc(CN2Cc3ccc([S@@](=N)(=O)c4ccc5c(c4)CCO5)cc3C=N2)cn1. The minimum atomic E-state index is -3.11. The molecule has 0 radical (unpaired) electrons. The molecule has 2 aliphatic heterocycles. The molecular formula is C23H22N4O3S. The molecule has 0 spiro atoms. The number of ether oxygens (including phenoxy) is 2. The molecule has 0 aliphatic carbocycles. The van der Waals surface area contributed by atoms with E-state index >= 15 is 0 Å². The fraction of sp³-hybridized carbons (Fsp3) is 0.217. The van der Waals surface area contributed by atoms with Crippen LogP contribution >= 0.6 is 0 Å². The number of hydrazone groups is 1. The molecule has 1 aromatic heterocycles. The van der Waals surface area contributed by atoms with Crippen molar-refractivity contribution >= 4 is 15.9 Å². The van der Waals surface area contributed by atoms with E-state index in [1.54, 1.807) is 31.7 Å². The maximum atomic E-state index is 13.4. The highest BCUT2D eigenvalue weighted by atomic mass is 32.2. The van der Waals surface area contributed by atoms with E-state index in [1.807, 2.05) is 41.4 Å². The van der Waals surface area contributed by atoms with Crippen LogP contribution in [0.3, 0.4) is 0 Å². The second-order valence-electron chi connectivity index (χ2n) is 7.56. The summed E-state index contributed by atoms with van der Waals surface area (Å²) in [7, 11) is -1.52. The first kappa shape index (κ1) is 19.6. The molecule has 2 aliphatic rings. The third-order valence-electron chi connectivity index (χ3n) is 5.53. The lowest BCUT2D eigenvalue weighted by molar-refractivity contribution is 0.267. The quantitative estimate of drug-likeness (QED) is 0.659. The van der Waals surface area contributed by atoms with E-state index in [1.165, 1.54) is 0 Å². The van der Waals surface area contributed by atoms with E-state index in [2.05, 4.69) is 10.1 Å². The van der Waals surface area contributed by atoms with Gasteiger partial charge in [0.25, 0.3) is 0 Å². The standard InChI is InChI=1S/C23H22N4O3S/c1-29-23-7-2-16(12-25-23)14-27-15-18-3-4-20(11-19(18)13-26-27)31(24,28)21-5-6-22-17(10-21)8-9-30-22/h2-7,10-13,24H,8-9,14-15H2,1H3/t31-/m1/s1. The number of pyridine rings is 1. The van der Waals surface area contributed by atoms with Gasteiger partial charge in [-0.2, -0.15) is 5.10 Å². The number of hydrogen-bond donors (Lipinski definition) is 1. The molecule has 3 aromatic rings. The Morgan fingerprint density at radius 1 is 1.13 bits per heavy atom. The van der Waals surface area contributed by atoms with Gasteiger partial charge in [-0.3, -0.25) is 5.01 Å². The first-order valence-electron chi connectivity index (χ1n) is 9.98. The summed E-state index contributed by atoms with van der Waals surface area (Å²) in [4.78, 5) is 5.24. The molecule has 158 valence electrons. The van der Waals surface area contributed by atoms with Crippen LogP contribution in [0.4, 0.5) is 0 Å². The summed E-state index contributed by atoms with van der Waals surface area (Å²) >= 11 is 0. The van der Waals surface area contributed by atoms with E-state index in [0.29, 0.717) is 35.4 Å². The van der Waals surface area contributed by atoms with Crippen LogP contribution < -0.4 is 9.47 Å². The van der Waals surface area contributed by atoms with Gasteiger partial charge in [-0.15, -0.1) is 0 Å². The minimum Gasteiger partial charge on any atom is -0.493 e. The van der Waals surface area contributed by atoms with Crippen molar-refractivity contribution in [1.29, 1.82) is 4.78 Å². The Labute approximate surface area is 181 Å². The van der Waals surface area contributed by atoms with Crippen LogP contribution in [0, 0.1) is 4.78 Å². The second-order valence-corrected chi connectivity index (χ2v) is 9.62. The fourth-order valence-corrected chi connectivity index (χ4v) is 5.20. The molecule has 7 nitrogen and oxygen atoms in total. The lowest BCUT2D eigenvalue weighted by Gasteiger charge is -2.24. The molecule has 0 saturated carbocycles. The van der Waals surface area contributed by atoms with E-state index in [-0.39, 0.29) is 0 Å². The van der Waals surface area contributed by atoms with Crippen LogP contribution in [0.15, 0.2) is 69.6 Å². The minimum absolute atomic E-state index is 0.490. The largest absolute Gasteiger partial charge is 0.493 e. The van der Waals surface area contributed by atoms with Gasteiger partial charge in [0.05, 0.1) is 42.8 Å². The van der Waals surface area contributed by atoms with Crippen molar-refractivity contribution in [3.8, 4) is 11.6 Å². The number of rotatable bonds is 5. The van der Waals surface area contributed by atoms with Crippen LogP contribution in [-0.4, -0.2) is 34.1 Å². The average Bonchev–Trinajstić information content (AvgIpc) is 3.27. The number of hydrogen-bond acceptors (Lipinski definition) is 7. The zero-order valence-electron chi connectivity index (χ0n) is 17.1. The lowest BCUT2D eigenvalue weighted by atomic mass is 10.1. The number of aromatic nitrogens is 1. The zero-order valence-corrected chi connectivity index (χ0v) is 17.9. The van der Waals surface area contributed by atoms with Crippen LogP contribution in [-0.2, 0) is 29.2 Å². The molecule has 0 saturated heterocycles. The summed E-state index contributed by atoms with van der Waals surface area (Å²) in [5, 5.41) is 6.48. The van der Waals surface area contributed by atoms with Crippen LogP contribution in [0.25, 0.3) is 0 Å². The monoisotopic (exact) mass is 434 g/mol. The predicted octanol–water partition coefficient (Wildman–Crippen LogP) is 3.84. The molecule has 1 N–H and O–H groups in total. The van der Waals surface area contributed by atoms with E-state index < -0.39 is 9.73 Å². The van der Waals surface area contributed by atoms with E-state index in [0.717, 1.165) is 34.4 Å². The van der Waals surface area contributed by atoms with Gasteiger partial charge in [0.1, 0.15) is 15.5 Å². The molecule has 1 atom stereocenters. The Kier molecular flexibility index (Phi) is 4.86. The summed E-state index contributed by atoms with van der Waals surface area (Å²) < 4.78 is 32.6. The number of nitrogens with one attached hydrogen (secondary N) is 1. The number of nitrogens with zero attached hydrogens (tertiary/aromatic N) is 3. The normalized spacial score (nSPS) is 16.2. The lowest BCUT2D eigenvalue weighted by Crippen LogP contribution is -2.21. The van der Waals surface area contributed by atoms with Gasteiger partial charge in [-0.25, -0.2) is 14.0 Å². The van der Waals surface area contributed by atoms with E-state index in [4.69, 9.17) is 14.3 Å². The van der Waals surface area contributed by atoms with Gasteiger partial charge >= 0.3 is 0 Å². The maximum absolute atomic E-state index is 13.4. The van der Waals surface area contributed by atoms with Gasteiger partial charge in [0, 0.05) is 24.2 Å². The van der Waals surface area contributed by atoms with Crippen LogP contribution in [0.2, 0.25) is 0 Å². The third kappa shape index (κ3) is 3.74. The average molecular weight is 435 g/mol. The third-order valence-corrected chi connectivity index (χ3v) is 7.36. The molecule has 3 heterocycles. The molecule has 0 bridgehead atoms. The Bertz CT molecular complexity index is 1270. The molecule has 0 unspecified atom stereocenters. The Morgan fingerprint density at radius 2 is 1.97 bits per heavy atom. The Balaban J connectivity index is 1.36. The molecule has 2 aromatic carbocycles. The van der Waals surface area contributed by atoms with Crippen molar-refractivity contribution in [2.24, 2.45) is 5.10 Å². The van der Waals surface area contributed by atoms with Crippen molar-refractivity contribution in [3.05, 3.63) is 77.0 Å². The number of fused-ring (bicyclic) bond motifs is 2. The predicted molar refractivity (Wildman–Crippen MR) is 117 cm³/mol. The van der Waals surface area contributed by atoms with Gasteiger partial charge in [0.2, 0.25) is 5.88 Å². The van der Waals surface area contributed by atoms with E-state index in [9.17, 15) is 4.21 Å². The molecule has 8 heteroatoms. The van der Waals surface area contributed by atoms with Gasteiger partial charge in [-0.1, -0.05) is 12.1 Å².